The van der Waals surface area contributed by atoms with Crippen LogP contribution in [0.4, 0.5) is 8.78 Å². The highest BCUT2D eigenvalue weighted by Gasteiger charge is 2.42. The quantitative estimate of drug-likeness (QED) is 0.108. The number of aromatic hydroxyl groups is 2. The number of carbonyl (C=O) groups is 2. The lowest BCUT2D eigenvalue weighted by Gasteiger charge is -2.34. The van der Waals surface area contributed by atoms with Gasteiger partial charge >= 0.3 is 0 Å². The lowest BCUT2D eigenvalue weighted by atomic mass is 9.81. The third-order valence-corrected chi connectivity index (χ3v) is 12.8. The molecule has 0 radical (unpaired) electrons. The van der Waals surface area contributed by atoms with Gasteiger partial charge in [-0.1, -0.05) is 36.4 Å². The summed E-state index contributed by atoms with van der Waals surface area (Å²) in [5.41, 5.74) is 1.58. The molecule has 13 nitrogen and oxygen atoms in total. The molecule has 15 heteroatoms. The third kappa shape index (κ3) is 12.4. The van der Waals surface area contributed by atoms with E-state index in [0.29, 0.717) is 67.5 Å². The van der Waals surface area contributed by atoms with E-state index in [0.717, 1.165) is 70.3 Å². The van der Waals surface area contributed by atoms with Gasteiger partial charge in [0.05, 0.1) is 43.5 Å². The highest BCUT2D eigenvalue weighted by atomic mass is 19.1. The molecule has 0 spiro atoms. The Morgan fingerprint density at radius 2 is 1.00 bits per heavy atom. The van der Waals surface area contributed by atoms with Gasteiger partial charge in [-0.05, 0) is 104 Å². The minimum absolute atomic E-state index is 0.0450. The smallest absolute Gasteiger partial charge is 0.199 e. The summed E-state index contributed by atoms with van der Waals surface area (Å²) < 4.78 is 81.9. The van der Waals surface area contributed by atoms with Crippen LogP contribution in [0.15, 0.2) is 97.1 Å². The number of hydrogen-bond donors (Lipinski definition) is 2. The number of carbonyl (C=O) groups excluding carboxylic acids is 2. The van der Waals surface area contributed by atoms with Gasteiger partial charge < -0.3 is 52.8 Å². The van der Waals surface area contributed by atoms with Gasteiger partial charge in [0.25, 0.3) is 0 Å². The van der Waals surface area contributed by atoms with E-state index in [1.54, 1.807) is 66.7 Å². The number of phenols is 2. The molecular weight excluding hydrogens is 907 g/mol. The van der Waals surface area contributed by atoms with Crippen molar-refractivity contribution >= 4 is 11.6 Å². The number of benzene rings is 5. The molecule has 5 aliphatic rings. The third-order valence-electron chi connectivity index (χ3n) is 12.8. The minimum atomic E-state index is -0.815. The van der Waals surface area contributed by atoms with Gasteiger partial charge in [0, 0.05) is 56.4 Å². The van der Waals surface area contributed by atoms with Gasteiger partial charge in [0.15, 0.2) is 36.7 Å². The maximum absolute atomic E-state index is 15.4. The van der Waals surface area contributed by atoms with Gasteiger partial charge in [0.1, 0.15) is 58.0 Å². The molecular formula is C55H58F2O13. The number of Topliss-reactive ketones (excluding diaryl/α,β-unsaturated/α-hetero) is 2. The summed E-state index contributed by atoms with van der Waals surface area (Å²) in [7, 11) is 0. The largest absolute Gasteiger partial charge is 0.508 e. The van der Waals surface area contributed by atoms with Crippen molar-refractivity contribution in [1.29, 1.82) is 0 Å². The summed E-state index contributed by atoms with van der Waals surface area (Å²) >= 11 is 0. The lowest BCUT2D eigenvalue weighted by molar-refractivity contribution is -0.106. The van der Waals surface area contributed by atoms with Crippen molar-refractivity contribution < 1.29 is 71.2 Å². The first-order chi connectivity index (χ1) is 34.1. The van der Waals surface area contributed by atoms with Crippen LogP contribution in [-0.4, -0.2) is 73.4 Å². The molecule has 5 aromatic carbocycles. The molecule has 10 rings (SSSR count). The minimum Gasteiger partial charge on any atom is -0.508 e. The molecule has 0 amide bonds. The summed E-state index contributed by atoms with van der Waals surface area (Å²) in [6, 6.07) is 25.9. The predicted molar refractivity (Wildman–Crippen MR) is 251 cm³/mol. The average Bonchev–Trinajstić information content (AvgIpc) is 3.36. The van der Waals surface area contributed by atoms with E-state index in [4.69, 9.17) is 42.6 Å². The molecule has 4 fully saturated rings. The van der Waals surface area contributed by atoms with E-state index >= 15 is 4.39 Å². The number of ether oxygens (including phenoxy) is 9. The summed E-state index contributed by atoms with van der Waals surface area (Å²) in [6.45, 7) is 2.56. The molecule has 5 heterocycles. The molecule has 4 saturated heterocycles. The maximum Gasteiger partial charge on any atom is 0.199 e. The van der Waals surface area contributed by atoms with Gasteiger partial charge in [-0.3, -0.25) is 9.59 Å². The van der Waals surface area contributed by atoms with Gasteiger partial charge in [-0.2, -0.15) is 0 Å². The fourth-order valence-electron chi connectivity index (χ4n) is 9.16. The predicted octanol–water partition coefficient (Wildman–Crippen LogP) is 11.2. The molecule has 6 atom stereocenters. The van der Waals surface area contributed by atoms with Crippen molar-refractivity contribution in [2.24, 2.45) is 0 Å². The summed E-state index contributed by atoms with van der Waals surface area (Å²) in [5, 5.41) is 20.1. The SMILES string of the molecule is O=C(Cc1ccc(OC2CCCCO2)cc1)c1c(O)cc(OC2CCCCO2)cc1F.O=C1c2c(F)cc(OC3CCCCO3)cc2OC(c2ccc(O)cc2)C1c1ccc(OC2CCCCO2)cc1. The first-order valence-corrected chi connectivity index (χ1v) is 24.3. The van der Waals surface area contributed by atoms with E-state index in [2.05, 4.69) is 0 Å². The molecule has 0 aliphatic carbocycles. The van der Waals surface area contributed by atoms with Crippen LogP contribution in [0.1, 0.15) is 126 Å². The first-order valence-electron chi connectivity index (χ1n) is 24.3. The summed E-state index contributed by atoms with van der Waals surface area (Å²) in [6.07, 6.45) is 8.91. The molecule has 6 unspecified atom stereocenters. The zero-order chi connectivity index (χ0) is 48.4. The van der Waals surface area contributed by atoms with Crippen LogP contribution in [0.3, 0.4) is 0 Å². The Hall–Kier alpha value is -6.26. The normalized spacial score (nSPS) is 23.4. The zero-order valence-corrected chi connectivity index (χ0v) is 38.9. The Balaban J connectivity index is 0.000000179. The number of rotatable bonds is 13. The average molecular weight is 965 g/mol. The van der Waals surface area contributed by atoms with Crippen LogP contribution in [-0.2, 0) is 25.4 Å². The van der Waals surface area contributed by atoms with Crippen molar-refractivity contribution in [1.82, 2.24) is 0 Å². The van der Waals surface area contributed by atoms with Crippen LogP contribution in [0.5, 0.6) is 40.2 Å². The maximum atomic E-state index is 15.4. The topological polar surface area (TPSA) is 158 Å². The molecule has 5 aliphatic heterocycles. The molecule has 2 N–H and O–H groups in total. The van der Waals surface area contributed by atoms with E-state index in [9.17, 15) is 24.2 Å². The highest BCUT2D eigenvalue weighted by molar-refractivity contribution is 6.05. The molecule has 0 bridgehead atoms. The Labute approximate surface area is 405 Å². The summed E-state index contributed by atoms with van der Waals surface area (Å²) in [4.78, 5) is 26.5. The Morgan fingerprint density at radius 3 is 1.49 bits per heavy atom. The van der Waals surface area contributed by atoms with Gasteiger partial charge in [-0.25, -0.2) is 8.78 Å². The number of hydrogen-bond acceptors (Lipinski definition) is 13. The standard InChI is InChI=1S/C31H31FO7.C24H27FO6/c32-24-17-23(38-27-6-2-4-16-36-27)18-25-29(24)30(34)28(31(39-25)20-7-11-21(33)12-8-20)19-9-13-22(14-10-19)37-26-5-1-3-15-35-26;25-19-14-18(31-23-6-2-4-12-29-23)15-21(27)24(19)20(26)13-16-7-9-17(10-8-16)30-22-5-1-3-11-28-22/h7-14,17-18,26-28,31,33H,1-6,15-16H2;7-10,14-15,22-23,27H,1-6,11-13H2. The Morgan fingerprint density at radius 1 is 0.543 bits per heavy atom. The molecule has 0 saturated carbocycles. The highest BCUT2D eigenvalue weighted by Crippen LogP contribution is 2.47. The Bertz CT molecular complexity index is 2510. The second-order valence-electron chi connectivity index (χ2n) is 18.0. The fourth-order valence-corrected chi connectivity index (χ4v) is 9.16. The zero-order valence-electron chi connectivity index (χ0n) is 38.9. The van der Waals surface area contributed by atoms with Crippen LogP contribution >= 0.6 is 0 Å². The van der Waals surface area contributed by atoms with Crippen molar-refractivity contribution in [3.8, 4) is 40.2 Å². The number of ketones is 2. The monoisotopic (exact) mass is 964 g/mol. The molecule has 70 heavy (non-hydrogen) atoms. The van der Waals surface area contributed by atoms with Crippen molar-refractivity contribution in [2.45, 2.75) is 121 Å². The number of fused-ring (bicyclic) bond motifs is 1. The fraction of sp³-hybridized carbons (Fsp3) is 0.418. The van der Waals surface area contributed by atoms with Crippen LogP contribution in [0.2, 0.25) is 0 Å². The number of phenolic OH excluding ortho intramolecular Hbond substituents is 2. The second-order valence-corrected chi connectivity index (χ2v) is 18.0. The molecule has 370 valence electrons. The van der Waals surface area contributed by atoms with E-state index in [1.807, 2.05) is 0 Å². The van der Waals surface area contributed by atoms with E-state index < -0.39 is 53.6 Å². The van der Waals surface area contributed by atoms with Crippen molar-refractivity contribution in [2.75, 3.05) is 26.4 Å². The van der Waals surface area contributed by atoms with Crippen LogP contribution in [0.25, 0.3) is 0 Å². The van der Waals surface area contributed by atoms with Crippen molar-refractivity contribution in [3.05, 3.63) is 137 Å². The lowest BCUT2D eigenvalue weighted by Crippen LogP contribution is -2.31. The molecule has 0 aromatic heterocycles. The van der Waals surface area contributed by atoms with E-state index in [1.165, 1.54) is 24.3 Å². The van der Waals surface area contributed by atoms with Crippen molar-refractivity contribution in [3.63, 3.8) is 0 Å². The second kappa shape index (κ2) is 23.1. The van der Waals surface area contributed by atoms with Crippen LogP contribution in [0, 0.1) is 11.6 Å². The van der Waals surface area contributed by atoms with E-state index in [-0.39, 0.29) is 53.1 Å². The number of halogens is 2. The Kier molecular flexibility index (Phi) is 16.1. The van der Waals surface area contributed by atoms with Gasteiger partial charge in [-0.15, -0.1) is 0 Å². The van der Waals surface area contributed by atoms with Crippen LogP contribution < -0.4 is 23.7 Å². The van der Waals surface area contributed by atoms with Gasteiger partial charge in [0.2, 0.25) is 0 Å². The molecule has 5 aromatic rings. The first kappa shape index (κ1) is 48.8. The summed E-state index contributed by atoms with van der Waals surface area (Å²) in [5.74, 6) is -1.78.